The van der Waals surface area contributed by atoms with Gasteiger partial charge in [0, 0.05) is 0 Å². The van der Waals surface area contributed by atoms with E-state index in [2.05, 4.69) is 29.9 Å². The maximum Gasteiger partial charge on any atom is 0.330 e. The lowest BCUT2D eigenvalue weighted by atomic mass is 10.1. The molecule has 0 amide bonds. The molecule has 7 N–H and O–H groups in total. The molecule has 4 aromatic heterocycles. The third kappa shape index (κ3) is 4.48. The minimum Gasteiger partial charge on any atom is -0.394 e. The zero-order chi connectivity index (χ0) is 25.4. The molecule has 5 heterocycles. The highest BCUT2D eigenvalue weighted by Gasteiger charge is 2.48. The summed E-state index contributed by atoms with van der Waals surface area (Å²) >= 11 is 0. The number of aromatic nitrogens is 8. The number of aliphatic hydroxyl groups excluding tert-OH is 2. The van der Waals surface area contributed by atoms with E-state index in [0.717, 1.165) is 0 Å². The molecule has 1 aliphatic rings. The van der Waals surface area contributed by atoms with Crippen molar-refractivity contribution in [2.45, 2.75) is 31.3 Å². The molecular formula is C18H23N10O7P. The number of hydrogen-bond acceptors (Lipinski definition) is 14. The Balaban J connectivity index is 1.22. The molecule has 1 unspecified atom stereocenters. The predicted molar refractivity (Wildman–Crippen MR) is 122 cm³/mol. The molecule has 1 aliphatic heterocycles. The van der Waals surface area contributed by atoms with E-state index in [1.165, 1.54) is 29.9 Å². The van der Waals surface area contributed by atoms with E-state index in [1.807, 2.05) is 0 Å². The average Bonchev–Trinajstić information content (AvgIpc) is 3.54. The summed E-state index contributed by atoms with van der Waals surface area (Å²) in [5.41, 5.74) is 13.0. The maximum atomic E-state index is 12.7. The Kier molecular flexibility index (Phi) is 6.52. The fraction of sp³-hybridized carbons (Fsp3) is 0.444. The van der Waals surface area contributed by atoms with Gasteiger partial charge in [-0.25, -0.2) is 29.9 Å². The van der Waals surface area contributed by atoms with Crippen LogP contribution in [0.1, 0.15) is 6.23 Å². The van der Waals surface area contributed by atoms with Gasteiger partial charge in [-0.15, -0.1) is 0 Å². The molecule has 17 nitrogen and oxygen atoms in total. The van der Waals surface area contributed by atoms with Crippen LogP contribution in [0, 0.1) is 0 Å². The van der Waals surface area contributed by atoms with E-state index in [1.54, 1.807) is 4.57 Å². The summed E-state index contributed by atoms with van der Waals surface area (Å²) in [5, 5.41) is 20.6. The number of rotatable bonds is 9. The minimum absolute atomic E-state index is 0.0118. The molecule has 0 spiro atoms. The molecule has 5 rings (SSSR count). The van der Waals surface area contributed by atoms with Crippen molar-refractivity contribution in [2.75, 3.05) is 30.8 Å². The highest BCUT2D eigenvalue weighted by Crippen LogP contribution is 2.47. The molecule has 4 aromatic rings. The van der Waals surface area contributed by atoms with E-state index < -0.39 is 38.7 Å². The number of hydrogen-bond donors (Lipinski definition) is 5. The third-order valence-corrected chi connectivity index (χ3v) is 6.94. The molecular weight excluding hydrogens is 499 g/mol. The van der Waals surface area contributed by atoms with Gasteiger partial charge in [-0.05, 0) is 0 Å². The van der Waals surface area contributed by atoms with Crippen molar-refractivity contribution in [1.82, 2.24) is 39.0 Å². The van der Waals surface area contributed by atoms with Crippen LogP contribution in [-0.4, -0.2) is 91.8 Å². The summed E-state index contributed by atoms with van der Waals surface area (Å²) in [6.45, 7) is -0.743. The first-order chi connectivity index (χ1) is 17.3. The van der Waals surface area contributed by atoms with Gasteiger partial charge >= 0.3 is 7.60 Å². The van der Waals surface area contributed by atoms with Gasteiger partial charge in [0.25, 0.3) is 0 Å². The van der Waals surface area contributed by atoms with Crippen LogP contribution in [-0.2, 0) is 25.3 Å². The van der Waals surface area contributed by atoms with E-state index in [-0.39, 0.29) is 36.8 Å². The van der Waals surface area contributed by atoms with Crippen molar-refractivity contribution < 1.29 is 33.7 Å². The topological polar surface area (TPSA) is 245 Å². The second-order valence-corrected chi connectivity index (χ2v) is 9.87. The van der Waals surface area contributed by atoms with Crippen molar-refractivity contribution >= 4 is 41.6 Å². The number of nitrogens with two attached hydrogens (primary N) is 2. The van der Waals surface area contributed by atoms with Crippen molar-refractivity contribution in [3.8, 4) is 0 Å². The number of fused-ring (bicyclic) bond motifs is 2. The number of nitrogen functional groups attached to an aromatic ring is 2. The fourth-order valence-electron chi connectivity index (χ4n) is 3.86. The molecule has 1 saturated heterocycles. The summed E-state index contributed by atoms with van der Waals surface area (Å²) in [7, 11) is -4.27. The van der Waals surface area contributed by atoms with Gasteiger partial charge in [0.05, 0.1) is 32.0 Å². The highest BCUT2D eigenvalue weighted by molar-refractivity contribution is 7.52. The molecule has 1 fully saturated rings. The molecule has 0 saturated carbocycles. The first-order valence-corrected chi connectivity index (χ1v) is 12.4. The van der Waals surface area contributed by atoms with Crippen LogP contribution in [0.15, 0.2) is 25.3 Å². The minimum atomic E-state index is -4.27. The van der Waals surface area contributed by atoms with Crippen molar-refractivity contribution in [1.29, 1.82) is 0 Å². The average molecular weight is 522 g/mol. The van der Waals surface area contributed by atoms with Crippen LogP contribution in [0.4, 0.5) is 11.6 Å². The van der Waals surface area contributed by atoms with E-state index in [9.17, 15) is 19.7 Å². The molecule has 5 atom stereocenters. The number of nitrogens with zero attached hydrogens (tertiary/aromatic N) is 8. The van der Waals surface area contributed by atoms with Gasteiger partial charge in [0.15, 0.2) is 29.2 Å². The number of imidazole rings is 2. The molecule has 18 heteroatoms. The van der Waals surface area contributed by atoms with Crippen molar-refractivity contribution in [3.63, 3.8) is 0 Å². The van der Waals surface area contributed by atoms with Gasteiger partial charge in [-0.1, -0.05) is 0 Å². The van der Waals surface area contributed by atoms with Gasteiger partial charge < -0.3 is 36.0 Å². The number of anilines is 2. The van der Waals surface area contributed by atoms with Gasteiger partial charge in [0.1, 0.15) is 48.7 Å². The number of aliphatic hydroxyl groups is 2. The Bertz CT molecular complexity index is 1430. The Morgan fingerprint density at radius 2 is 1.69 bits per heavy atom. The molecule has 0 aromatic carbocycles. The summed E-state index contributed by atoms with van der Waals surface area (Å²) in [6.07, 6.45) is -0.0145. The molecule has 36 heavy (non-hydrogen) atoms. The third-order valence-electron chi connectivity index (χ3n) is 5.62. The van der Waals surface area contributed by atoms with E-state index in [0.29, 0.717) is 16.7 Å². The lowest BCUT2D eigenvalue weighted by Crippen LogP contribution is -2.35. The second kappa shape index (κ2) is 9.62. The standard InChI is InChI=1S/C18H23N10O7P/c19-14-10-16(23-4-21-14)27(6-25-10)8-33-1-2-36(31,32)35-13-9(3-29)34-18(12(13)30)28-7-26-11-15(20)22-5-24-17(11)28/h4-7,9,12-13,18,29-30H,1-3,8H2,(H,31,32)(H2,19,21,23)(H2,20,22,24)/t9-,12+,13-,18-/m1/s1. The van der Waals surface area contributed by atoms with Crippen LogP contribution in [0.3, 0.4) is 0 Å². The predicted octanol–water partition coefficient (Wildman–Crippen LogP) is -1.37. The SMILES string of the molecule is Nc1ncnc2c1ncn2COCCP(=O)(O)O[C@H]1[C@H](O)[C@H](n2cnc3c(N)ncnc32)O[C@@H]1CO. The van der Waals surface area contributed by atoms with Gasteiger partial charge in [-0.3, -0.25) is 18.2 Å². The Morgan fingerprint density at radius 3 is 2.42 bits per heavy atom. The highest BCUT2D eigenvalue weighted by atomic mass is 31.2. The van der Waals surface area contributed by atoms with Crippen LogP contribution in [0.2, 0.25) is 0 Å². The zero-order valence-corrected chi connectivity index (χ0v) is 19.5. The summed E-state index contributed by atoms with van der Waals surface area (Å²) in [5.74, 6) is 0.359. The summed E-state index contributed by atoms with van der Waals surface area (Å²) in [6, 6.07) is 0. The van der Waals surface area contributed by atoms with Crippen LogP contribution in [0.5, 0.6) is 0 Å². The lowest BCUT2D eigenvalue weighted by molar-refractivity contribution is -0.0506. The molecule has 0 aliphatic carbocycles. The van der Waals surface area contributed by atoms with Crippen molar-refractivity contribution in [2.24, 2.45) is 0 Å². The quantitative estimate of drug-likeness (QED) is 0.126. The molecule has 0 radical (unpaired) electrons. The van der Waals surface area contributed by atoms with E-state index in [4.69, 9.17) is 25.5 Å². The Labute approximate surface area is 202 Å². The lowest BCUT2D eigenvalue weighted by Gasteiger charge is -2.23. The van der Waals surface area contributed by atoms with Crippen LogP contribution >= 0.6 is 7.60 Å². The second-order valence-electron chi connectivity index (χ2n) is 7.94. The van der Waals surface area contributed by atoms with E-state index >= 15 is 0 Å². The summed E-state index contributed by atoms with van der Waals surface area (Å²) < 4.78 is 32.2. The first-order valence-electron chi connectivity index (χ1n) is 10.7. The van der Waals surface area contributed by atoms with Gasteiger partial charge in [0.2, 0.25) is 0 Å². The maximum absolute atomic E-state index is 12.7. The van der Waals surface area contributed by atoms with Crippen LogP contribution < -0.4 is 11.5 Å². The zero-order valence-electron chi connectivity index (χ0n) is 18.6. The summed E-state index contributed by atoms with van der Waals surface area (Å²) in [4.78, 5) is 34.5. The molecule has 192 valence electrons. The monoisotopic (exact) mass is 522 g/mol. The molecule has 0 bridgehead atoms. The normalized spacial score (nSPS) is 24.0. The number of ether oxygens (including phenoxy) is 2. The van der Waals surface area contributed by atoms with Crippen molar-refractivity contribution in [3.05, 3.63) is 25.3 Å². The van der Waals surface area contributed by atoms with Gasteiger partial charge in [-0.2, -0.15) is 0 Å². The Hall–Kier alpha value is -3.31. The smallest absolute Gasteiger partial charge is 0.330 e. The van der Waals surface area contributed by atoms with Crippen LogP contribution in [0.25, 0.3) is 22.3 Å². The Morgan fingerprint density at radius 1 is 1.03 bits per heavy atom. The fourth-order valence-corrected chi connectivity index (χ4v) is 4.97. The largest absolute Gasteiger partial charge is 0.394 e. The first kappa shape index (κ1) is 24.4.